The van der Waals surface area contributed by atoms with Crippen LogP contribution in [0.2, 0.25) is 0 Å². The molecule has 0 unspecified atom stereocenters. The van der Waals surface area contributed by atoms with Gasteiger partial charge in [0.15, 0.2) is 0 Å². The minimum Gasteiger partial charge on any atom is -0.373 e. The number of aromatic nitrogens is 2. The highest BCUT2D eigenvalue weighted by Crippen LogP contribution is 2.37. The quantitative estimate of drug-likeness (QED) is 0.896. The van der Waals surface area contributed by atoms with Gasteiger partial charge in [0.1, 0.15) is 5.82 Å². The number of carbonyl (C=O) groups excluding carboxylic acids is 1. The number of hydrogen-bond acceptors (Lipinski definition) is 4. The van der Waals surface area contributed by atoms with E-state index in [0.717, 1.165) is 24.2 Å². The number of ether oxygens (including phenoxy) is 1. The zero-order valence-electron chi connectivity index (χ0n) is 14.0. The second-order valence-electron chi connectivity index (χ2n) is 6.69. The first-order valence-corrected chi connectivity index (χ1v) is 8.84. The van der Waals surface area contributed by atoms with Crippen molar-refractivity contribution in [1.29, 1.82) is 0 Å². The number of urea groups is 1. The Balaban J connectivity index is 1.31. The van der Waals surface area contributed by atoms with Crippen molar-refractivity contribution in [2.24, 2.45) is 0 Å². The molecule has 1 aliphatic carbocycles. The lowest BCUT2D eigenvalue weighted by Crippen LogP contribution is -2.42. The fraction of sp³-hybridized carbons (Fsp3) is 0.421. The summed E-state index contributed by atoms with van der Waals surface area (Å²) in [4.78, 5) is 20.9. The molecule has 2 N–H and O–H groups in total. The smallest absolute Gasteiger partial charge is 0.319 e. The molecule has 0 bridgehead atoms. The minimum absolute atomic E-state index is 0.0291. The molecular weight excluding hydrogens is 316 g/mol. The molecule has 1 aromatic carbocycles. The van der Waals surface area contributed by atoms with Gasteiger partial charge in [0.05, 0.1) is 24.2 Å². The van der Waals surface area contributed by atoms with Crippen molar-refractivity contribution in [3.8, 4) is 0 Å². The summed E-state index contributed by atoms with van der Waals surface area (Å²) >= 11 is 0. The predicted molar refractivity (Wildman–Crippen MR) is 94.3 cm³/mol. The third-order valence-corrected chi connectivity index (χ3v) is 4.66. The molecule has 2 aliphatic rings. The zero-order chi connectivity index (χ0) is 17.1. The highest BCUT2D eigenvalue weighted by Gasteiger charge is 2.27. The maximum atomic E-state index is 12.2. The van der Waals surface area contributed by atoms with E-state index in [4.69, 9.17) is 4.74 Å². The number of benzene rings is 1. The Morgan fingerprint density at radius 3 is 2.56 bits per heavy atom. The monoisotopic (exact) mass is 338 g/mol. The lowest BCUT2D eigenvalue weighted by molar-refractivity contribution is 0.00254. The van der Waals surface area contributed by atoms with E-state index in [9.17, 15) is 4.79 Å². The fourth-order valence-electron chi connectivity index (χ4n) is 3.14. The molecule has 0 spiro atoms. The predicted octanol–water partition coefficient (Wildman–Crippen LogP) is 3.40. The van der Waals surface area contributed by atoms with Crippen LogP contribution < -0.4 is 10.6 Å². The van der Waals surface area contributed by atoms with Gasteiger partial charge in [-0.25, -0.2) is 14.8 Å². The highest BCUT2D eigenvalue weighted by atomic mass is 16.5. The standard InChI is InChI=1S/C19H22N4O2/c24-19(23-16-11-20-18(21-12-16)14-6-7-14)22-15-8-9-25-17(10-15)13-4-2-1-3-5-13/h1-5,11-12,14-15,17H,6-10H2,(H2,22,23,24)/t15-,17+/m1/s1. The summed E-state index contributed by atoms with van der Waals surface area (Å²) in [7, 11) is 0. The Morgan fingerprint density at radius 1 is 1.08 bits per heavy atom. The van der Waals surface area contributed by atoms with Crippen molar-refractivity contribution in [3.63, 3.8) is 0 Å². The molecule has 0 radical (unpaired) electrons. The normalized spacial score (nSPS) is 23.0. The molecule has 1 saturated heterocycles. The summed E-state index contributed by atoms with van der Waals surface area (Å²) in [5.74, 6) is 1.39. The Kier molecular flexibility index (Phi) is 4.61. The number of carbonyl (C=O) groups is 1. The van der Waals surface area contributed by atoms with Gasteiger partial charge in [-0.05, 0) is 31.2 Å². The maximum absolute atomic E-state index is 12.2. The van der Waals surface area contributed by atoms with Crippen LogP contribution >= 0.6 is 0 Å². The van der Waals surface area contributed by atoms with Crippen LogP contribution in [0.4, 0.5) is 10.5 Å². The van der Waals surface area contributed by atoms with Crippen molar-refractivity contribution in [3.05, 3.63) is 54.1 Å². The van der Waals surface area contributed by atoms with Crippen molar-refractivity contribution in [2.45, 2.75) is 43.7 Å². The van der Waals surface area contributed by atoms with Crippen LogP contribution in [0.5, 0.6) is 0 Å². The van der Waals surface area contributed by atoms with Gasteiger partial charge >= 0.3 is 6.03 Å². The van der Waals surface area contributed by atoms with Gasteiger partial charge in [-0.3, -0.25) is 0 Å². The van der Waals surface area contributed by atoms with Crippen LogP contribution in [0, 0.1) is 0 Å². The van der Waals surface area contributed by atoms with Crippen LogP contribution in [-0.4, -0.2) is 28.6 Å². The average molecular weight is 338 g/mol. The Bertz CT molecular complexity index is 716. The number of hydrogen-bond donors (Lipinski definition) is 2. The molecular formula is C19H22N4O2. The molecule has 2 heterocycles. The van der Waals surface area contributed by atoms with E-state index < -0.39 is 0 Å². The third-order valence-electron chi connectivity index (χ3n) is 4.66. The number of anilines is 1. The van der Waals surface area contributed by atoms with Crippen LogP contribution in [-0.2, 0) is 4.74 Å². The molecule has 6 nitrogen and oxygen atoms in total. The molecule has 4 rings (SSSR count). The first-order valence-electron chi connectivity index (χ1n) is 8.84. The highest BCUT2D eigenvalue weighted by molar-refractivity contribution is 5.89. The molecule has 1 aliphatic heterocycles. The zero-order valence-corrected chi connectivity index (χ0v) is 14.0. The molecule has 1 saturated carbocycles. The third kappa shape index (κ3) is 4.14. The van der Waals surface area contributed by atoms with E-state index >= 15 is 0 Å². The lowest BCUT2D eigenvalue weighted by Gasteiger charge is -2.30. The molecule has 130 valence electrons. The molecule has 6 heteroatoms. The number of nitrogens with zero attached hydrogens (tertiary/aromatic N) is 2. The average Bonchev–Trinajstić information content (AvgIpc) is 3.48. The molecule has 25 heavy (non-hydrogen) atoms. The molecule has 2 atom stereocenters. The summed E-state index contributed by atoms with van der Waals surface area (Å²) < 4.78 is 5.84. The van der Waals surface area contributed by atoms with E-state index in [0.29, 0.717) is 18.2 Å². The summed E-state index contributed by atoms with van der Waals surface area (Å²) in [5.41, 5.74) is 1.77. The van der Waals surface area contributed by atoms with Gasteiger partial charge in [-0.2, -0.15) is 0 Å². The van der Waals surface area contributed by atoms with E-state index in [1.807, 2.05) is 18.2 Å². The van der Waals surface area contributed by atoms with E-state index in [1.165, 1.54) is 12.8 Å². The summed E-state index contributed by atoms with van der Waals surface area (Å²) in [6.45, 7) is 0.643. The first-order chi connectivity index (χ1) is 12.3. The van der Waals surface area contributed by atoms with Crippen LogP contribution in [0.15, 0.2) is 42.7 Å². The van der Waals surface area contributed by atoms with Crippen molar-refractivity contribution in [2.75, 3.05) is 11.9 Å². The topological polar surface area (TPSA) is 76.1 Å². The molecule has 2 amide bonds. The molecule has 2 aromatic rings. The van der Waals surface area contributed by atoms with Gasteiger partial charge < -0.3 is 15.4 Å². The number of rotatable bonds is 4. The SMILES string of the molecule is O=C(Nc1cnc(C2CC2)nc1)N[C@@H]1CCO[C@H](c2ccccc2)C1. The van der Waals surface area contributed by atoms with Gasteiger partial charge in [-0.1, -0.05) is 30.3 Å². The van der Waals surface area contributed by atoms with E-state index in [-0.39, 0.29) is 18.2 Å². The van der Waals surface area contributed by atoms with Crippen molar-refractivity contribution >= 4 is 11.7 Å². The summed E-state index contributed by atoms with van der Waals surface area (Å²) in [6, 6.07) is 10.00. The number of amides is 2. The van der Waals surface area contributed by atoms with Crippen molar-refractivity contribution < 1.29 is 9.53 Å². The fourth-order valence-corrected chi connectivity index (χ4v) is 3.14. The molecule has 1 aromatic heterocycles. The van der Waals surface area contributed by atoms with Crippen LogP contribution in [0.25, 0.3) is 0 Å². The summed E-state index contributed by atoms with van der Waals surface area (Å²) in [6.07, 6.45) is 7.30. The van der Waals surface area contributed by atoms with E-state index in [2.05, 4.69) is 32.7 Å². The Hall–Kier alpha value is -2.47. The largest absolute Gasteiger partial charge is 0.373 e. The van der Waals surface area contributed by atoms with Gasteiger partial charge in [-0.15, -0.1) is 0 Å². The second kappa shape index (κ2) is 7.19. The maximum Gasteiger partial charge on any atom is 0.319 e. The van der Waals surface area contributed by atoms with Crippen molar-refractivity contribution in [1.82, 2.24) is 15.3 Å². The molecule has 2 fully saturated rings. The number of nitrogens with one attached hydrogen (secondary N) is 2. The van der Waals surface area contributed by atoms with E-state index in [1.54, 1.807) is 12.4 Å². The summed E-state index contributed by atoms with van der Waals surface area (Å²) in [5, 5.41) is 5.85. The van der Waals surface area contributed by atoms with Gasteiger partial charge in [0.25, 0.3) is 0 Å². The minimum atomic E-state index is -0.221. The van der Waals surface area contributed by atoms with Crippen LogP contribution in [0.1, 0.15) is 49.1 Å². The van der Waals surface area contributed by atoms with Gasteiger partial charge in [0.2, 0.25) is 0 Å². The van der Waals surface area contributed by atoms with Crippen LogP contribution in [0.3, 0.4) is 0 Å². The second-order valence-corrected chi connectivity index (χ2v) is 6.69. The Morgan fingerprint density at radius 2 is 1.84 bits per heavy atom. The van der Waals surface area contributed by atoms with Gasteiger partial charge in [0, 0.05) is 18.6 Å². The Labute approximate surface area is 147 Å². The first kappa shape index (κ1) is 16.0. The lowest BCUT2D eigenvalue weighted by atomic mass is 9.97.